The van der Waals surface area contributed by atoms with Gasteiger partial charge in [-0.05, 0) is 43.2 Å². The lowest BCUT2D eigenvalue weighted by Gasteiger charge is -2.15. The Labute approximate surface area is 112 Å². The van der Waals surface area contributed by atoms with Gasteiger partial charge >= 0.3 is 0 Å². The molecule has 1 aromatic rings. The number of hydrogen-bond acceptors (Lipinski definition) is 3. The molecule has 18 heavy (non-hydrogen) atoms. The molecule has 0 amide bonds. The number of halogens is 1. The maximum atomic E-state index is 13.7. The number of nitrogens with zero attached hydrogens (tertiary/aromatic N) is 1. The van der Waals surface area contributed by atoms with Crippen molar-refractivity contribution in [2.24, 2.45) is 0 Å². The predicted molar refractivity (Wildman–Crippen MR) is 74.3 cm³/mol. The van der Waals surface area contributed by atoms with Gasteiger partial charge in [0.05, 0.1) is 17.3 Å². The van der Waals surface area contributed by atoms with Crippen LogP contribution >= 0.6 is 11.8 Å². The topological polar surface area (TPSA) is 35.8 Å². The third kappa shape index (κ3) is 3.17. The maximum absolute atomic E-state index is 13.7. The molecule has 2 atom stereocenters. The van der Waals surface area contributed by atoms with Crippen LogP contribution in [-0.2, 0) is 0 Å². The van der Waals surface area contributed by atoms with Gasteiger partial charge in [-0.2, -0.15) is 17.0 Å². The monoisotopic (exact) mass is 264 g/mol. The molecule has 0 radical (unpaired) electrons. The Morgan fingerprint density at radius 3 is 3.00 bits per heavy atom. The minimum absolute atomic E-state index is 0.333. The summed E-state index contributed by atoms with van der Waals surface area (Å²) in [5, 5.41) is 12.6. The Bertz CT molecular complexity index is 456. The molecule has 2 rings (SSSR count). The van der Waals surface area contributed by atoms with Crippen molar-refractivity contribution >= 4 is 17.4 Å². The summed E-state index contributed by atoms with van der Waals surface area (Å²) in [6.07, 6.45) is 3.39. The molecule has 96 valence electrons. The number of nitriles is 1. The van der Waals surface area contributed by atoms with Gasteiger partial charge in [0, 0.05) is 11.3 Å². The van der Waals surface area contributed by atoms with Gasteiger partial charge in [0.25, 0.3) is 0 Å². The molecular weight excluding hydrogens is 247 g/mol. The number of rotatable bonds is 4. The summed E-state index contributed by atoms with van der Waals surface area (Å²) in [7, 11) is 0. The first-order chi connectivity index (χ1) is 8.72. The Morgan fingerprint density at radius 1 is 1.50 bits per heavy atom. The fourth-order valence-electron chi connectivity index (χ4n) is 2.38. The molecule has 0 bridgehead atoms. The van der Waals surface area contributed by atoms with Crippen LogP contribution in [0.25, 0.3) is 0 Å². The summed E-state index contributed by atoms with van der Waals surface area (Å²) in [5.74, 6) is 0.809. The van der Waals surface area contributed by atoms with Crippen LogP contribution < -0.4 is 5.32 Å². The van der Waals surface area contributed by atoms with Crippen molar-refractivity contribution in [1.82, 2.24) is 0 Å². The van der Waals surface area contributed by atoms with E-state index in [9.17, 15) is 4.39 Å². The van der Waals surface area contributed by atoms with E-state index in [2.05, 4.69) is 12.2 Å². The van der Waals surface area contributed by atoms with E-state index in [0.717, 1.165) is 18.6 Å². The minimum atomic E-state index is -0.333. The van der Waals surface area contributed by atoms with Crippen LogP contribution in [0.5, 0.6) is 0 Å². The molecule has 2 nitrogen and oxygen atoms in total. The Morgan fingerprint density at radius 2 is 2.33 bits per heavy atom. The second-order valence-electron chi connectivity index (χ2n) is 4.54. The lowest BCUT2D eigenvalue weighted by Crippen LogP contribution is -2.17. The molecular formula is C14H17FN2S. The van der Waals surface area contributed by atoms with Gasteiger partial charge in [-0.3, -0.25) is 0 Å². The van der Waals surface area contributed by atoms with Gasteiger partial charge in [-0.25, -0.2) is 4.39 Å². The third-order valence-electron chi connectivity index (χ3n) is 3.24. The molecule has 1 aromatic carbocycles. The van der Waals surface area contributed by atoms with Crippen LogP contribution in [0.1, 0.15) is 31.7 Å². The molecule has 4 heteroatoms. The van der Waals surface area contributed by atoms with Crippen LogP contribution in [0, 0.1) is 17.1 Å². The number of benzene rings is 1. The quantitative estimate of drug-likeness (QED) is 0.899. The highest BCUT2D eigenvalue weighted by Crippen LogP contribution is 2.32. The summed E-state index contributed by atoms with van der Waals surface area (Å²) in [6.45, 7) is 2.17. The number of thioether (sulfide) groups is 1. The van der Waals surface area contributed by atoms with E-state index >= 15 is 0 Å². The molecule has 0 aromatic heterocycles. The summed E-state index contributed by atoms with van der Waals surface area (Å²) < 4.78 is 13.7. The number of nitrogens with one attached hydrogen (secondary N) is 1. The van der Waals surface area contributed by atoms with Crippen LogP contribution in [-0.4, -0.2) is 17.0 Å². The molecule has 2 unspecified atom stereocenters. The van der Waals surface area contributed by atoms with Crippen LogP contribution in [0.3, 0.4) is 0 Å². The highest BCUT2D eigenvalue weighted by molar-refractivity contribution is 7.99. The van der Waals surface area contributed by atoms with E-state index < -0.39 is 0 Å². The van der Waals surface area contributed by atoms with Crippen molar-refractivity contribution in [3.63, 3.8) is 0 Å². The average molecular weight is 264 g/mol. The zero-order chi connectivity index (χ0) is 13.0. The largest absolute Gasteiger partial charge is 0.380 e. The van der Waals surface area contributed by atoms with Crippen LogP contribution in [0.4, 0.5) is 10.1 Å². The standard InChI is InChI=1S/C14H17FN2S/c1-2-18-12-5-4-11(8-12)17-14-6-3-10(9-16)7-13(14)15/h3,6-7,11-12,17H,2,4-5,8H2,1H3. The Balaban J connectivity index is 1.96. The van der Waals surface area contributed by atoms with Crippen molar-refractivity contribution in [3.05, 3.63) is 29.6 Å². The van der Waals surface area contributed by atoms with Crippen molar-refractivity contribution in [2.45, 2.75) is 37.5 Å². The highest BCUT2D eigenvalue weighted by Gasteiger charge is 2.24. The van der Waals surface area contributed by atoms with Gasteiger partial charge < -0.3 is 5.32 Å². The summed E-state index contributed by atoms with van der Waals surface area (Å²) in [6, 6.07) is 6.90. The fraction of sp³-hybridized carbons (Fsp3) is 0.500. The minimum Gasteiger partial charge on any atom is -0.380 e. The van der Waals surface area contributed by atoms with E-state index in [4.69, 9.17) is 5.26 Å². The third-order valence-corrected chi connectivity index (χ3v) is 4.48. The molecule has 1 saturated carbocycles. The zero-order valence-electron chi connectivity index (χ0n) is 10.4. The first kappa shape index (κ1) is 13.2. The Kier molecular flexibility index (Phi) is 4.48. The van der Waals surface area contributed by atoms with Crippen molar-refractivity contribution in [3.8, 4) is 6.07 Å². The normalized spacial score (nSPS) is 22.7. The zero-order valence-corrected chi connectivity index (χ0v) is 11.3. The summed E-state index contributed by atoms with van der Waals surface area (Å²) in [5.41, 5.74) is 0.880. The summed E-state index contributed by atoms with van der Waals surface area (Å²) in [4.78, 5) is 0. The predicted octanol–water partition coefficient (Wildman–Crippen LogP) is 3.78. The van der Waals surface area contributed by atoms with Crippen LogP contribution in [0.15, 0.2) is 18.2 Å². The molecule has 1 aliphatic carbocycles. The van der Waals surface area contributed by atoms with Gasteiger partial charge in [0.2, 0.25) is 0 Å². The first-order valence-corrected chi connectivity index (χ1v) is 7.35. The second kappa shape index (κ2) is 6.10. The first-order valence-electron chi connectivity index (χ1n) is 6.30. The molecule has 1 N–H and O–H groups in total. The fourth-order valence-corrected chi connectivity index (χ4v) is 3.52. The molecule has 0 heterocycles. The lowest BCUT2D eigenvalue weighted by atomic mass is 10.2. The molecule has 0 aliphatic heterocycles. The van der Waals surface area contributed by atoms with E-state index in [1.54, 1.807) is 12.1 Å². The number of anilines is 1. The van der Waals surface area contributed by atoms with E-state index in [0.29, 0.717) is 22.5 Å². The van der Waals surface area contributed by atoms with Gasteiger partial charge in [-0.1, -0.05) is 6.92 Å². The van der Waals surface area contributed by atoms with E-state index in [-0.39, 0.29) is 5.82 Å². The molecule has 1 fully saturated rings. The van der Waals surface area contributed by atoms with Crippen molar-refractivity contribution in [2.75, 3.05) is 11.1 Å². The van der Waals surface area contributed by atoms with Gasteiger partial charge in [0.1, 0.15) is 5.82 Å². The van der Waals surface area contributed by atoms with Gasteiger partial charge in [0.15, 0.2) is 0 Å². The SMILES string of the molecule is CCSC1CCC(Nc2ccc(C#N)cc2F)C1. The molecule has 1 aliphatic rings. The van der Waals surface area contributed by atoms with Crippen molar-refractivity contribution < 1.29 is 4.39 Å². The highest BCUT2D eigenvalue weighted by atomic mass is 32.2. The smallest absolute Gasteiger partial charge is 0.147 e. The Hall–Kier alpha value is -1.21. The average Bonchev–Trinajstić information content (AvgIpc) is 2.80. The summed E-state index contributed by atoms with van der Waals surface area (Å²) >= 11 is 1.99. The number of hydrogen-bond donors (Lipinski definition) is 1. The van der Waals surface area contributed by atoms with E-state index in [1.165, 1.54) is 12.5 Å². The molecule has 0 spiro atoms. The lowest BCUT2D eigenvalue weighted by molar-refractivity contribution is 0.624. The van der Waals surface area contributed by atoms with Crippen LogP contribution in [0.2, 0.25) is 0 Å². The van der Waals surface area contributed by atoms with E-state index in [1.807, 2.05) is 17.8 Å². The second-order valence-corrected chi connectivity index (χ2v) is 6.12. The van der Waals surface area contributed by atoms with Crippen molar-refractivity contribution in [1.29, 1.82) is 5.26 Å². The molecule has 0 saturated heterocycles. The van der Waals surface area contributed by atoms with Gasteiger partial charge in [-0.15, -0.1) is 0 Å². The maximum Gasteiger partial charge on any atom is 0.147 e.